The van der Waals surface area contributed by atoms with Crippen molar-refractivity contribution >= 4 is 17.5 Å². The lowest BCUT2D eigenvalue weighted by atomic mass is 9.48. The van der Waals surface area contributed by atoms with Gasteiger partial charge in [0.25, 0.3) is 0 Å². The summed E-state index contributed by atoms with van der Waals surface area (Å²) in [5, 5.41) is 0. The molecule has 0 unspecified atom stereocenters. The van der Waals surface area contributed by atoms with Crippen LogP contribution in [0.5, 0.6) is 0 Å². The van der Waals surface area contributed by atoms with Gasteiger partial charge < -0.3 is 4.74 Å². The quantitative estimate of drug-likeness (QED) is 0.701. The Morgan fingerprint density at radius 3 is 2.50 bits per heavy atom. The summed E-state index contributed by atoms with van der Waals surface area (Å²) in [5.41, 5.74) is -0.682. The second kappa shape index (κ2) is 4.18. The Kier molecular flexibility index (Phi) is 3.07. The van der Waals surface area contributed by atoms with E-state index in [0.29, 0.717) is 12.8 Å². The van der Waals surface area contributed by atoms with Gasteiger partial charge in [-0.3, -0.25) is 14.4 Å². The van der Waals surface area contributed by atoms with Gasteiger partial charge >= 0.3 is 5.97 Å². The number of Topliss-reactive ketones (excluding diaryl/α,β-unsaturated/α-hetero) is 2. The molecule has 5 atom stereocenters. The van der Waals surface area contributed by atoms with Gasteiger partial charge in [0.05, 0.1) is 13.0 Å². The lowest BCUT2D eigenvalue weighted by Crippen LogP contribution is -2.58. The van der Waals surface area contributed by atoms with Crippen LogP contribution in [0.1, 0.15) is 33.6 Å². The summed E-state index contributed by atoms with van der Waals surface area (Å²) in [6.45, 7) is 5.25. The third-order valence-corrected chi connectivity index (χ3v) is 5.05. The first kappa shape index (κ1) is 13.2. The molecule has 0 heterocycles. The highest BCUT2D eigenvalue weighted by Crippen LogP contribution is 2.56. The molecule has 0 aromatic heterocycles. The summed E-state index contributed by atoms with van der Waals surface area (Å²) < 4.78 is 4.83. The summed E-state index contributed by atoms with van der Waals surface area (Å²) in [7, 11) is 1.38. The van der Waals surface area contributed by atoms with E-state index in [1.807, 2.05) is 13.8 Å². The molecule has 0 N–H and O–H groups in total. The van der Waals surface area contributed by atoms with Gasteiger partial charge in [-0.2, -0.15) is 0 Å². The van der Waals surface area contributed by atoms with E-state index in [1.165, 1.54) is 7.11 Å². The number of carbonyl (C=O) groups excluding carboxylic acids is 3. The van der Waals surface area contributed by atoms with Crippen LogP contribution in [0, 0.1) is 29.1 Å². The number of ketones is 2. The Bertz CT molecular complexity index is 414. The molecule has 2 bridgehead atoms. The molecule has 18 heavy (non-hydrogen) atoms. The summed E-state index contributed by atoms with van der Waals surface area (Å²) >= 11 is 0. The Balaban J connectivity index is 2.38. The van der Waals surface area contributed by atoms with Crippen LogP contribution in [0.25, 0.3) is 0 Å². The van der Waals surface area contributed by atoms with Crippen molar-refractivity contribution in [2.45, 2.75) is 33.6 Å². The van der Waals surface area contributed by atoms with Crippen LogP contribution >= 0.6 is 0 Å². The van der Waals surface area contributed by atoms with Crippen LogP contribution in [-0.2, 0) is 19.1 Å². The molecule has 0 spiro atoms. The molecule has 0 aromatic carbocycles. The molecule has 3 aliphatic rings. The maximum atomic E-state index is 12.4. The Morgan fingerprint density at radius 2 is 2.00 bits per heavy atom. The number of hydrogen-bond donors (Lipinski definition) is 0. The Morgan fingerprint density at radius 1 is 1.39 bits per heavy atom. The van der Waals surface area contributed by atoms with Gasteiger partial charge in [0.1, 0.15) is 11.6 Å². The molecule has 4 heteroatoms. The van der Waals surface area contributed by atoms with Crippen LogP contribution in [0.3, 0.4) is 0 Å². The zero-order valence-corrected chi connectivity index (χ0v) is 11.4. The maximum absolute atomic E-state index is 12.4. The van der Waals surface area contributed by atoms with E-state index in [4.69, 9.17) is 4.74 Å². The third-order valence-electron chi connectivity index (χ3n) is 5.05. The molecule has 0 amide bonds. The molecule has 3 saturated carbocycles. The minimum Gasteiger partial charge on any atom is -0.469 e. The van der Waals surface area contributed by atoms with Gasteiger partial charge in [-0.05, 0) is 25.7 Å². The second-order valence-corrected chi connectivity index (χ2v) is 5.97. The molecule has 0 aliphatic heterocycles. The number of esters is 1. The van der Waals surface area contributed by atoms with E-state index in [1.54, 1.807) is 6.92 Å². The Hall–Kier alpha value is -1.19. The third kappa shape index (κ3) is 1.62. The summed E-state index contributed by atoms with van der Waals surface area (Å²) in [6, 6.07) is 0. The number of methoxy groups -OCH3 is 1. The van der Waals surface area contributed by atoms with Gasteiger partial charge in [-0.1, -0.05) is 13.8 Å². The van der Waals surface area contributed by atoms with Crippen LogP contribution in [0.4, 0.5) is 0 Å². The largest absolute Gasteiger partial charge is 0.469 e. The molecule has 0 radical (unpaired) electrons. The monoisotopic (exact) mass is 252 g/mol. The van der Waals surface area contributed by atoms with Crippen molar-refractivity contribution < 1.29 is 19.1 Å². The zero-order chi connectivity index (χ0) is 13.7. The van der Waals surface area contributed by atoms with E-state index < -0.39 is 5.41 Å². The van der Waals surface area contributed by atoms with Crippen LogP contribution in [0.2, 0.25) is 0 Å². The van der Waals surface area contributed by atoms with Gasteiger partial charge in [0.2, 0.25) is 0 Å². The predicted molar refractivity (Wildman–Crippen MR) is 64.7 cm³/mol. The van der Waals surface area contributed by atoms with Crippen molar-refractivity contribution in [3.8, 4) is 0 Å². The maximum Gasteiger partial charge on any atom is 0.308 e. The summed E-state index contributed by atoms with van der Waals surface area (Å²) in [6.07, 6.45) is 1.09. The topological polar surface area (TPSA) is 60.4 Å². The molecule has 4 nitrogen and oxygen atoms in total. The molecule has 3 fully saturated rings. The van der Waals surface area contributed by atoms with Crippen LogP contribution in [-0.4, -0.2) is 24.6 Å². The van der Waals surface area contributed by atoms with E-state index in [2.05, 4.69) is 0 Å². The fourth-order valence-electron chi connectivity index (χ4n) is 4.01. The summed E-state index contributed by atoms with van der Waals surface area (Å²) in [5.74, 6) is -0.697. The fraction of sp³-hybridized carbons (Fsp3) is 0.786. The van der Waals surface area contributed by atoms with Crippen molar-refractivity contribution in [1.82, 2.24) is 0 Å². The van der Waals surface area contributed by atoms with Crippen LogP contribution in [0.15, 0.2) is 0 Å². The first-order valence-electron chi connectivity index (χ1n) is 6.45. The van der Waals surface area contributed by atoms with Gasteiger partial charge in [0.15, 0.2) is 0 Å². The van der Waals surface area contributed by atoms with E-state index in [0.717, 1.165) is 0 Å². The number of hydrogen-bond acceptors (Lipinski definition) is 4. The lowest BCUT2D eigenvalue weighted by Gasteiger charge is -2.53. The van der Waals surface area contributed by atoms with Crippen molar-refractivity contribution in [3.63, 3.8) is 0 Å². The normalized spacial score (nSPS) is 42.8. The highest BCUT2D eigenvalue weighted by molar-refractivity contribution is 5.96. The molecular formula is C14H20O4. The van der Waals surface area contributed by atoms with Gasteiger partial charge in [0, 0.05) is 17.3 Å². The average Bonchev–Trinajstić information content (AvgIpc) is 2.33. The number of carbonyl (C=O) groups is 3. The molecular weight excluding hydrogens is 232 g/mol. The minimum absolute atomic E-state index is 0.0410. The molecule has 3 rings (SSSR count). The van der Waals surface area contributed by atoms with E-state index in [-0.39, 0.29) is 41.2 Å². The molecule has 100 valence electrons. The van der Waals surface area contributed by atoms with E-state index >= 15 is 0 Å². The van der Waals surface area contributed by atoms with Gasteiger partial charge in [-0.25, -0.2) is 0 Å². The SMILES string of the molecule is COC(=O)[C@@H]1C[C@]2(C)C(=O)[C@@H](C)[C@H]1C[C@H]2C(C)=O. The number of rotatable bonds is 2. The smallest absolute Gasteiger partial charge is 0.308 e. The fourth-order valence-corrected chi connectivity index (χ4v) is 4.01. The predicted octanol–water partition coefficient (Wildman–Crippen LogP) is 1.62. The first-order chi connectivity index (χ1) is 8.32. The van der Waals surface area contributed by atoms with Crippen molar-refractivity contribution in [3.05, 3.63) is 0 Å². The van der Waals surface area contributed by atoms with Crippen molar-refractivity contribution in [1.29, 1.82) is 0 Å². The lowest BCUT2D eigenvalue weighted by molar-refractivity contribution is -0.172. The van der Waals surface area contributed by atoms with Crippen LogP contribution < -0.4 is 0 Å². The number of fused-ring (bicyclic) bond motifs is 3. The molecule has 0 aromatic rings. The van der Waals surface area contributed by atoms with Crippen molar-refractivity contribution in [2.24, 2.45) is 29.1 Å². The highest BCUT2D eigenvalue weighted by Gasteiger charge is 2.60. The van der Waals surface area contributed by atoms with Gasteiger partial charge in [-0.15, -0.1) is 0 Å². The second-order valence-electron chi connectivity index (χ2n) is 5.97. The van der Waals surface area contributed by atoms with Crippen molar-refractivity contribution in [2.75, 3.05) is 7.11 Å². The summed E-state index contributed by atoms with van der Waals surface area (Å²) in [4.78, 5) is 35.9. The Labute approximate surface area is 107 Å². The number of ether oxygens (including phenoxy) is 1. The molecule has 0 saturated heterocycles. The highest BCUT2D eigenvalue weighted by atomic mass is 16.5. The minimum atomic E-state index is -0.682. The standard InChI is InChI=1S/C14H20O4/c1-7-9-5-11(8(2)15)14(3,12(7)16)6-10(9)13(17)18-4/h7,9-11H,5-6H2,1-4H3/t7-,9+,10+,11-,14-/m0/s1. The zero-order valence-electron chi connectivity index (χ0n) is 11.4. The average molecular weight is 252 g/mol. The van der Waals surface area contributed by atoms with E-state index in [9.17, 15) is 14.4 Å². The first-order valence-corrected chi connectivity index (χ1v) is 6.45. The molecule has 3 aliphatic carbocycles.